The van der Waals surface area contributed by atoms with Gasteiger partial charge in [-0.3, -0.25) is 0 Å². The van der Waals surface area contributed by atoms with Gasteiger partial charge in [-0.15, -0.1) is 0 Å². The number of halogens is 1. The zero-order valence-electron chi connectivity index (χ0n) is 13.9. The molecule has 1 atom stereocenters. The standard InChI is InChI=1S/C18H20ClN5/c1-11-4-3-5-24(9-11)18-15-14(8-21-17(15)22-10-23-18)13-6-12(2)7-20-16(13)19/h6-8,10-11H,3-5,9H2,1-2H3,(H,21,22,23). The van der Waals surface area contributed by atoms with Crippen LogP contribution in [0.15, 0.2) is 24.8 Å². The fraction of sp³-hybridized carbons (Fsp3) is 0.389. The van der Waals surface area contributed by atoms with Crippen molar-refractivity contribution in [1.82, 2.24) is 19.9 Å². The molecular formula is C18H20ClN5. The molecule has 3 aromatic rings. The molecule has 1 aliphatic rings. The van der Waals surface area contributed by atoms with Crippen molar-refractivity contribution in [2.45, 2.75) is 26.7 Å². The fourth-order valence-electron chi connectivity index (χ4n) is 3.52. The van der Waals surface area contributed by atoms with Crippen LogP contribution in [-0.4, -0.2) is 33.0 Å². The highest BCUT2D eigenvalue weighted by atomic mass is 35.5. The van der Waals surface area contributed by atoms with Gasteiger partial charge in [0, 0.05) is 36.6 Å². The summed E-state index contributed by atoms with van der Waals surface area (Å²) in [5, 5.41) is 1.53. The third kappa shape index (κ3) is 2.63. The summed E-state index contributed by atoms with van der Waals surface area (Å²) in [6.07, 6.45) is 7.84. The summed E-state index contributed by atoms with van der Waals surface area (Å²) in [5.74, 6) is 1.66. The molecule has 6 heteroatoms. The smallest absolute Gasteiger partial charge is 0.143 e. The molecule has 24 heavy (non-hydrogen) atoms. The molecule has 0 spiro atoms. The monoisotopic (exact) mass is 341 g/mol. The van der Waals surface area contributed by atoms with Gasteiger partial charge in [0.2, 0.25) is 0 Å². The van der Waals surface area contributed by atoms with Crippen molar-refractivity contribution in [3.05, 3.63) is 35.5 Å². The van der Waals surface area contributed by atoms with Gasteiger partial charge < -0.3 is 9.88 Å². The molecule has 0 aliphatic carbocycles. The Hall–Kier alpha value is -2.14. The summed E-state index contributed by atoms with van der Waals surface area (Å²) in [4.78, 5) is 18.9. The van der Waals surface area contributed by atoms with E-state index in [-0.39, 0.29) is 0 Å². The topological polar surface area (TPSA) is 57.7 Å². The first kappa shape index (κ1) is 15.4. The number of nitrogens with zero attached hydrogens (tertiary/aromatic N) is 4. The highest BCUT2D eigenvalue weighted by Crippen LogP contribution is 2.37. The molecule has 1 saturated heterocycles. The minimum absolute atomic E-state index is 0.503. The lowest BCUT2D eigenvalue weighted by molar-refractivity contribution is 0.445. The van der Waals surface area contributed by atoms with Crippen LogP contribution >= 0.6 is 11.6 Å². The zero-order valence-corrected chi connectivity index (χ0v) is 14.6. The number of H-pyrrole nitrogens is 1. The predicted octanol–water partition coefficient (Wildman–Crippen LogP) is 4.22. The van der Waals surface area contributed by atoms with Gasteiger partial charge in [-0.1, -0.05) is 18.5 Å². The number of aryl methyl sites for hydroxylation is 1. The van der Waals surface area contributed by atoms with Crippen LogP contribution < -0.4 is 4.90 Å². The number of nitrogens with one attached hydrogen (secondary N) is 1. The Balaban J connectivity index is 1.90. The molecule has 0 radical (unpaired) electrons. The number of pyridine rings is 1. The number of fused-ring (bicyclic) bond motifs is 1. The van der Waals surface area contributed by atoms with Crippen LogP contribution in [0.4, 0.5) is 5.82 Å². The Morgan fingerprint density at radius 3 is 2.96 bits per heavy atom. The number of hydrogen-bond acceptors (Lipinski definition) is 4. The van der Waals surface area contributed by atoms with E-state index in [9.17, 15) is 0 Å². The van der Waals surface area contributed by atoms with Gasteiger partial charge in [-0.2, -0.15) is 0 Å². The largest absolute Gasteiger partial charge is 0.356 e. The van der Waals surface area contributed by atoms with Crippen LogP contribution in [0.5, 0.6) is 0 Å². The Morgan fingerprint density at radius 2 is 2.12 bits per heavy atom. The second-order valence-corrected chi connectivity index (χ2v) is 7.03. The second kappa shape index (κ2) is 6.06. The first-order valence-corrected chi connectivity index (χ1v) is 8.71. The maximum absolute atomic E-state index is 6.37. The van der Waals surface area contributed by atoms with Crippen molar-refractivity contribution < 1.29 is 0 Å². The lowest BCUT2D eigenvalue weighted by Gasteiger charge is -2.32. The van der Waals surface area contributed by atoms with E-state index in [4.69, 9.17) is 11.6 Å². The Morgan fingerprint density at radius 1 is 1.25 bits per heavy atom. The van der Waals surface area contributed by atoms with E-state index in [1.807, 2.05) is 13.1 Å². The van der Waals surface area contributed by atoms with Gasteiger partial charge in [-0.05, 0) is 37.3 Å². The average Bonchev–Trinajstić information content (AvgIpc) is 3.01. The fourth-order valence-corrected chi connectivity index (χ4v) is 3.73. The minimum Gasteiger partial charge on any atom is -0.356 e. The second-order valence-electron chi connectivity index (χ2n) is 6.67. The summed E-state index contributed by atoms with van der Waals surface area (Å²) in [5.41, 5.74) is 3.85. The molecule has 4 rings (SSSR count). The molecule has 1 aliphatic heterocycles. The van der Waals surface area contributed by atoms with E-state index in [1.165, 1.54) is 12.8 Å². The summed E-state index contributed by atoms with van der Waals surface area (Å²) >= 11 is 6.37. The summed E-state index contributed by atoms with van der Waals surface area (Å²) < 4.78 is 0. The molecule has 0 amide bonds. The Labute approximate surface area is 146 Å². The van der Waals surface area contributed by atoms with Crippen molar-refractivity contribution >= 4 is 28.5 Å². The van der Waals surface area contributed by atoms with Crippen LogP contribution in [-0.2, 0) is 0 Å². The van der Waals surface area contributed by atoms with Crippen LogP contribution in [0.2, 0.25) is 5.15 Å². The van der Waals surface area contributed by atoms with E-state index in [1.54, 1.807) is 12.5 Å². The van der Waals surface area contributed by atoms with Gasteiger partial charge in [-0.25, -0.2) is 15.0 Å². The number of hydrogen-bond donors (Lipinski definition) is 1. The number of anilines is 1. The molecule has 4 heterocycles. The van der Waals surface area contributed by atoms with E-state index in [2.05, 4.69) is 37.8 Å². The van der Waals surface area contributed by atoms with Crippen molar-refractivity contribution in [2.75, 3.05) is 18.0 Å². The third-order valence-corrected chi connectivity index (χ3v) is 4.97. The molecule has 1 fully saturated rings. The van der Waals surface area contributed by atoms with Crippen molar-refractivity contribution in [1.29, 1.82) is 0 Å². The molecule has 1 unspecified atom stereocenters. The number of aromatic nitrogens is 4. The lowest BCUT2D eigenvalue weighted by atomic mass is 9.99. The summed E-state index contributed by atoms with van der Waals surface area (Å²) in [6.45, 7) is 6.37. The predicted molar refractivity (Wildman–Crippen MR) is 97.5 cm³/mol. The molecule has 0 aromatic carbocycles. The van der Waals surface area contributed by atoms with E-state index in [0.717, 1.165) is 46.6 Å². The van der Waals surface area contributed by atoms with E-state index < -0.39 is 0 Å². The van der Waals surface area contributed by atoms with E-state index >= 15 is 0 Å². The molecule has 3 aromatic heterocycles. The quantitative estimate of drug-likeness (QED) is 0.709. The van der Waals surface area contributed by atoms with Crippen LogP contribution in [0.1, 0.15) is 25.3 Å². The molecule has 0 bridgehead atoms. The van der Waals surface area contributed by atoms with Crippen molar-refractivity contribution in [2.24, 2.45) is 5.92 Å². The van der Waals surface area contributed by atoms with Crippen molar-refractivity contribution in [3.8, 4) is 11.1 Å². The molecular weight excluding hydrogens is 322 g/mol. The normalized spacial score (nSPS) is 18.3. The third-order valence-electron chi connectivity index (χ3n) is 4.67. The van der Waals surface area contributed by atoms with Gasteiger partial charge in [0.25, 0.3) is 0 Å². The maximum Gasteiger partial charge on any atom is 0.143 e. The first-order chi connectivity index (χ1) is 11.6. The highest BCUT2D eigenvalue weighted by Gasteiger charge is 2.23. The van der Waals surface area contributed by atoms with Crippen molar-refractivity contribution in [3.63, 3.8) is 0 Å². The molecule has 124 valence electrons. The highest BCUT2D eigenvalue weighted by molar-refractivity contribution is 6.32. The lowest BCUT2D eigenvalue weighted by Crippen LogP contribution is -2.35. The Kier molecular flexibility index (Phi) is 3.88. The first-order valence-electron chi connectivity index (χ1n) is 8.33. The number of piperidine rings is 1. The summed E-state index contributed by atoms with van der Waals surface area (Å²) in [7, 11) is 0. The van der Waals surface area contributed by atoms with Crippen LogP contribution in [0.25, 0.3) is 22.2 Å². The van der Waals surface area contributed by atoms with Crippen LogP contribution in [0.3, 0.4) is 0 Å². The molecule has 1 N–H and O–H groups in total. The number of rotatable bonds is 2. The SMILES string of the molecule is Cc1cnc(Cl)c(-c2c[nH]c3ncnc(N4CCCC(C)C4)c23)c1. The number of aromatic amines is 1. The van der Waals surface area contributed by atoms with Gasteiger partial charge in [0.05, 0.1) is 5.39 Å². The van der Waals surface area contributed by atoms with Gasteiger partial charge >= 0.3 is 0 Å². The van der Waals surface area contributed by atoms with Gasteiger partial charge in [0.15, 0.2) is 0 Å². The average molecular weight is 342 g/mol. The minimum atomic E-state index is 0.503. The maximum atomic E-state index is 6.37. The molecule has 5 nitrogen and oxygen atoms in total. The zero-order chi connectivity index (χ0) is 16.7. The van der Waals surface area contributed by atoms with Crippen LogP contribution in [0, 0.1) is 12.8 Å². The van der Waals surface area contributed by atoms with E-state index in [0.29, 0.717) is 11.1 Å². The van der Waals surface area contributed by atoms with Gasteiger partial charge in [0.1, 0.15) is 22.9 Å². The summed E-state index contributed by atoms with van der Waals surface area (Å²) in [6, 6.07) is 2.06. The molecule has 0 saturated carbocycles. The Bertz CT molecular complexity index is 888.